The van der Waals surface area contributed by atoms with E-state index in [-0.39, 0.29) is 9.79 Å². The van der Waals surface area contributed by atoms with Crippen LogP contribution >= 0.6 is 0 Å². The molecule has 0 saturated carbocycles. The molecule has 1 aliphatic rings. The number of hydrogen-bond donors (Lipinski definition) is 2. The minimum absolute atomic E-state index is 0.258. The first-order valence-corrected chi connectivity index (χ1v) is 12.5. The van der Waals surface area contributed by atoms with Crippen molar-refractivity contribution in [2.75, 3.05) is 32.4 Å². The Kier molecular flexibility index (Phi) is 8.04. The van der Waals surface area contributed by atoms with Crippen molar-refractivity contribution in [1.29, 1.82) is 0 Å². The minimum Gasteiger partial charge on any atom is -0.475 e. The molecular formula is C19H21F3N2O6S2. The Morgan fingerprint density at radius 1 is 0.875 bits per heavy atom. The lowest BCUT2D eigenvalue weighted by Crippen LogP contribution is -2.46. The van der Waals surface area contributed by atoms with Gasteiger partial charge in [-0.1, -0.05) is 24.3 Å². The zero-order valence-electron chi connectivity index (χ0n) is 16.8. The molecule has 1 aliphatic heterocycles. The number of piperazine rings is 1. The first-order valence-electron chi connectivity index (χ1n) is 9.14. The summed E-state index contributed by atoms with van der Waals surface area (Å²) < 4.78 is 81.5. The Balaban J connectivity index is 0.000000451. The summed E-state index contributed by atoms with van der Waals surface area (Å²) in [5.74, 6) is -2.76. The number of hydrogen-bond acceptors (Lipinski definition) is 6. The van der Waals surface area contributed by atoms with E-state index in [9.17, 15) is 30.0 Å². The lowest BCUT2D eigenvalue weighted by molar-refractivity contribution is -0.192. The second kappa shape index (κ2) is 9.98. The first-order chi connectivity index (χ1) is 14.7. The van der Waals surface area contributed by atoms with Crippen molar-refractivity contribution in [3.63, 3.8) is 0 Å². The Morgan fingerprint density at radius 2 is 1.25 bits per heavy atom. The maximum absolute atomic E-state index is 12.6. The molecule has 0 aliphatic carbocycles. The van der Waals surface area contributed by atoms with Gasteiger partial charge in [0, 0.05) is 32.4 Å². The van der Waals surface area contributed by atoms with Gasteiger partial charge in [0.2, 0.25) is 10.0 Å². The number of sulfone groups is 1. The van der Waals surface area contributed by atoms with Gasteiger partial charge in [0.05, 0.1) is 9.79 Å². The molecule has 3 rings (SSSR count). The molecule has 0 atom stereocenters. The Hall–Kier alpha value is -2.48. The summed E-state index contributed by atoms with van der Waals surface area (Å²) in [7, 11) is -6.70. The maximum atomic E-state index is 12.6. The number of sulfonamides is 1. The van der Waals surface area contributed by atoms with Crippen molar-refractivity contribution < 1.29 is 39.9 Å². The van der Waals surface area contributed by atoms with Gasteiger partial charge in [0.15, 0.2) is 9.84 Å². The molecule has 13 heteroatoms. The van der Waals surface area contributed by atoms with Crippen molar-refractivity contribution in [2.45, 2.75) is 16.0 Å². The van der Waals surface area contributed by atoms with Crippen LogP contribution in [0.1, 0.15) is 0 Å². The highest BCUT2D eigenvalue weighted by Gasteiger charge is 2.38. The molecule has 1 heterocycles. The summed E-state index contributed by atoms with van der Waals surface area (Å²) in [6, 6.07) is 13.2. The van der Waals surface area contributed by atoms with E-state index in [0.29, 0.717) is 26.2 Å². The van der Waals surface area contributed by atoms with Crippen molar-refractivity contribution in [2.24, 2.45) is 0 Å². The molecule has 1 saturated heterocycles. The number of carboxylic acid groups (broad SMARTS) is 1. The molecule has 0 aromatic heterocycles. The molecule has 176 valence electrons. The fourth-order valence-electron chi connectivity index (χ4n) is 2.75. The maximum Gasteiger partial charge on any atom is 0.490 e. The van der Waals surface area contributed by atoms with Crippen LogP contribution in [0, 0.1) is 0 Å². The molecule has 2 N–H and O–H groups in total. The predicted molar refractivity (Wildman–Crippen MR) is 110 cm³/mol. The van der Waals surface area contributed by atoms with Crippen LogP contribution in [0.3, 0.4) is 0 Å². The topological polar surface area (TPSA) is 121 Å². The van der Waals surface area contributed by atoms with E-state index in [1.165, 1.54) is 4.31 Å². The second-order valence-electron chi connectivity index (χ2n) is 6.78. The van der Waals surface area contributed by atoms with Crippen LogP contribution in [0.15, 0.2) is 58.3 Å². The molecule has 8 nitrogen and oxygen atoms in total. The molecule has 0 bridgehead atoms. The van der Waals surface area contributed by atoms with E-state index >= 15 is 0 Å². The monoisotopic (exact) mass is 494 g/mol. The van der Waals surface area contributed by atoms with Gasteiger partial charge in [-0.3, -0.25) is 0 Å². The Bertz CT molecular complexity index is 1140. The zero-order valence-corrected chi connectivity index (χ0v) is 18.5. The number of aliphatic carboxylic acids is 1. The van der Waals surface area contributed by atoms with Crippen LogP contribution in [0.4, 0.5) is 13.2 Å². The fraction of sp³-hybridized carbons (Fsp3) is 0.316. The van der Waals surface area contributed by atoms with Gasteiger partial charge >= 0.3 is 12.1 Å². The number of nitrogens with one attached hydrogen (secondary N) is 1. The Labute approximate surface area is 183 Å². The normalized spacial score (nSPS) is 15.5. The van der Waals surface area contributed by atoms with Gasteiger partial charge in [0.25, 0.3) is 0 Å². The van der Waals surface area contributed by atoms with Crippen LogP contribution in [0.5, 0.6) is 0 Å². The van der Waals surface area contributed by atoms with Crippen LogP contribution in [-0.2, 0) is 24.7 Å². The summed E-state index contributed by atoms with van der Waals surface area (Å²) >= 11 is 0. The molecule has 0 unspecified atom stereocenters. The second-order valence-corrected chi connectivity index (χ2v) is 10.7. The van der Waals surface area contributed by atoms with E-state index in [4.69, 9.17) is 9.90 Å². The molecule has 1 fully saturated rings. The van der Waals surface area contributed by atoms with Crippen molar-refractivity contribution in [3.8, 4) is 11.1 Å². The molecule has 0 spiro atoms. The summed E-state index contributed by atoms with van der Waals surface area (Å²) in [5, 5.41) is 10.3. The van der Waals surface area contributed by atoms with Crippen LogP contribution in [0.25, 0.3) is 11.1 Å². The molecular weight excluding hydrogens is 473 g/mol. The smallest absolute Gasteiger partial charge is 0.475 e. The molecule has 2 aromatic rings. The third kappa shape index (κ3) is 6.76. The lowest BCUT2D eigenvalue weighted by atomic mass is 10.1. The van der Waals surface area contributed by atoms with Crippen LogP contribution in [-0.4, -0.2) is 70.8 Å². The van der Waals surface area contributed by atoms with E-state index < -0.39 is 32.0 Å². The molecule has 32 heavy (non-hydrogen) atoms. The van der Waals surface area contributed by atoms with E-state index in [0.717, 1.165) is 17.4 Å². The fourth-order valence-corrected chi connectivity index (χ4v) is 4.82. The number of halogens is 3. The van der Waals surface area contributed by atoms with E-state index in [1.807, 2.05) is 0 Å². The average molecular weight is 495 g/mol. The molecule has 2 aromatic carbocycles. The third-order valence-corrected chi connectivity index (χ3v) is 7.47. The Morgan fingerprint density at radius 3 is 1.59 bits per heavy atom. The highest BCUT2D eigenvalue weighted by Crippen LogP contribution is 2.24. The highest BCUT2D eigenvalue weighted by atomic mass is 32.2. The summed E-state index contributed by atoms with van der Waals surface area (Å²) in [4.78, 5) is 9.42. The van der Waals surface area contributed by atoms with Crippen molar-refractivity contribution in [3.05, 3.63) is 48.5 Å². The lowest BCUT2D eigenvalue weighted by Gasteiger charge is -2.26. The summed E-state index contributed by atoms with van der Waals surface area (Å²) in [6.07, 6.45) is -3.92. The number of alkyl halides is 3. The molecule has 0 amide bonds. The van der Waals surface area contributed by atoms with Crippen LogP contribution < -0.4 is 5.32 Å². The highest BCUT2D eigenvalue weighted by molar-refractivity contribution is 7.90. The van der Waals surface area contributed by atoms with Gasteiger partial charge in [-0.2, -0.15) is 17.5 Å². The SMILES string of the molecule is CS(=O)(=O)c1ccc(-c2ccc(S(=O)(=O)N3CCNCC3)cc2)cc1.O=C(O)C(F)(F)F. The first kappa shape index (κ1) is 25.8. The van der Waals surface area contributed by atoms with Crippen molar-refractivity contribution >= 4 is 25.8 Å². The van der Waals surface area contributed by atoms with E-state index in [2.05, 4.69) is 5.32 Å². The summed E-state index contributed by atoms with van der Waals surface area (Å²) in [6.45, 7) is 2.25. The quantitative estimate of drug-likeness (QED) is 0.667. The van der Waals surface area contributed by atoms with Gasteiger partial charge in [-0.05, 0) is 35.4 Å². The van der Waals surface area contributed by atoms with Gasteiger partial charge < -0.3 is 10.4 Å². The average Bonchev–Trinajstić information content (AvgIpc) is 2.74. The van der Waals surface area contributed by atoms with Gasteiger partial charge in [-0.25, -0.2) is 21.6 Å². The number of carboxylic acids is 1. The van der Waals surface area contributed by atoms with Gasteiger partial charge in [-0.15, -0.1) is 0 Å². The van der Waals surface area contributed by atoms with Crippen molar-refractivity contribution in [1.82, 2.24) is 9.62 Å². The third-order valence-electron chi connectivity index (χ3n) is 4.43. The predicted octanol–water partition coefficient (Wildman–Crippen LogP) is 1.98. The van der Waals surface area contributed by atoms with Gasteiger partial charge in [0.1, 0.15) is 0 Å². The number of rotatable bonds is 4. The number of carbonyl (C=O) groups is 1. The zero-order chi connectivity index (χ0) is 24.2. The van der Waals surface area contributed by atoms with Crippen LogP contribution in [0.2, 0.25) is 0 Å². The van der Waals surface area contributed by atoms with E-state index in [1.54, 1.807) is 48.5 Å². The number of nitrogens with zero attached hydrogens (tertiary/aromatic N) is 1. The molecule has 0 radical (unpaired) electrons. The minimum atomic E-state index is -5.08. The summed E-state index contributed by atoms with van der Waals surface area (Å²) in [5.41, 5.74) is 1.66. The number of benzene rings is 2. The standard InChI is InChI=1S/C17H20N2O4S2.C2HF3O2/c1-24(20,21)16-6-2-14(3-7-16)15-4-8-17(9-5-15)25(22,23)19-12-10-18-11-13-19;3-2(4,5)1(6)7/h2-9,18H,10-13H2,1H3;(H,6,7). The largest absolute Gasteiger partial charge is 0.490 e.